The molecule has 1 aromatic rings. The van der Waals surface area contributed by atoms with Crippen molar-refractivity contribution in [2.45, 2.75) is 17.9 Å². The van der Waals surface area contributed by atoms with Crippen molar-refractivity contribution in [3.8, 4) is 0 Å². The van der Waals surface area contributed by atoms with E-state index in [-0.39, 0.29) is 23.3 Å². The number of hydrogen-bond donors (Lipinski definition) is 3. The molecule has 1 aliphatic rings. The Morgan fingerprint density at radius 1 is 1.48 bits per heavy atom. The van der Waals surface area contributed by atoms with Crippen molar-refractivity contribution in [3.63, 3.8) is 0 Å². The first kappa shape index (κ1) is 18.0. The number of amides is 1. The van der Waals surface area contributed by atoms with Crippen LogP contribution < -0.4 is 15.4 Å². The van der Waals surface area contributed by atoms with Crippen LogP contribution in [0, 0.1) is 5.92 Å². The molecule has 9 heteroatoms. The van der Waals surface area contributed by atoms with E-state index in [1.54, 1.807) is 0 Å². The fourth-order valence-corrected chi connectivity index (χ4v) is 2.77. The summed E-state index contributed by atoms with van der Waals surface area (Å²) < 4.78 is 30.1. The molecule has 1 atom stereocenters. The minimum Gasteiger partial charge on any atom is -0.438 e. The van der Waals surface area contributed by atoms with Gasteiger partial charge in [-0.3, -0.25) is 4.79 Å². The van der Waals surface area contributed by atoms with Crippen LogP contribution >= 0.6 is 12.4 Å². The van der Waals surface area contributed by atoms with Crippen molar-refractivity contribution in [1.82, 2.24) is 15.4 Å². The van der Waals surface area contributed by atoms with Crippen LogP contribution in [0.1, 0.15) is 23.4 Å². The molecule has 0 aliphatic carbocycles. The van der Waals surface area contributed by atoms with Crippen molar-refractivity contribution < 1.29 is 17.6 Å². The lowest BCUT2D eigenvalue weighted by Gasteiger charge is -2.08. The first-order valence-corrected chi connectivity index (χ1v) is 8.03. The van der Waals surface area contributed by atoms with Crippen molar-refractivity contribution in [2.24, 2.45) is 5.92 Å². The summed E-state index contributed by atoms with van der Waals surface area (Å²) in [6, 6.07) is 2.62. The van der Waals surface area contributed by atoms with Crippen LogP contribution in [-0.4, -0.2) is 41.0 Å². The smallest absolute Gasteiger partial charge is 0.287 e. The molecule has 0 radical (unpaired) electrons. The Balaban J connectivity index is 0.00000220. The minimum atomic E-state index is -3.65. The highest BCUT2D eigenvalue weighted by molar-refractivity contribution is 7.89. The molecule has 3 N–H and O–H groups in total. The summed E-state index contributed by atoms with van der Waals surface area (Å²) in [5.41, 5.74) is 0. The van der Waals surface area contributed by atoms with E-state index in [1.165, 1.54) is 19.2 Å². The SMILES string of the molecule is CNS(=O)(=O)c1ccc(C(=O)NCCC2CCNC2)o1.Cl. The fraction of sp³-hybridized carbons (Fsp3) is 0.583. The first-order chi connectivity index (χ1) is 9.53. The molecule has 7 nitrogen and oxygen atoms in total. The van der Waals surface area contributed by atoms with Crippen molar-refractivity contribution in [1.29, 1.82) is 0 Å². The maximum atomic E-state index is 11.8. The fourth-order valence-electron chi connectivity index (χ4n) is 2.12. The highest BCUT2D eigenvalue weighted by atomic mass is 35.5. The van der Waals surface area contributed by atoms with Gasteiger partial charge in [0.15, 0.2) is 5.76 Å². The van der Waals surface area contributed by atoms with Crippen molar-refractivity contribution in [2.75, 3.05) is 26.7 Å². The summed E-state index contributed by atoms with van der Waals surface area (Å²) in [6.45, 7) is 2.57. The Bertz CT molecular complexity index is 567. The lowest BCUT2D eigenvalue weighted by Crippen LogP contribution is -2.26. The normalized spacial score (nSPS) is 18.2. The van der Waals surface area contributed by atoms with Crippen LogP contribution in [0.15, 0.2) is 21.6 Å². The Kier molecular flexibility index (Phi) is 6.66. The second-order valence-corrected chi connectivity index (χ2v) is 6.55. The quantitative estimate of drug-likeness (QED) is 0.695. The van der Waals surface area contributed by atoms with E-state index < -0.39 is 15.9 Å². The highest BCUT2D eigenvalue weighted by Gasteiger charge is 2.20. The maximum absolute atomic E-state index is 11.8. The second kappa shape index (κ2) is 7.79. The van der Waals surface area contributed by atoms with Gasteiger partial charge in [-0.25, -0.2) is 13.1 Å². The van der Waals surface area contributed by atoms with E-state index in [0.717, 1.165) is 25.9 Å². The predicted molar refractivity (Wildman–Crippen MR) is 80.1 cm³/mol. The average molecular weight is 338 g/mol. The number of hydrogen-bond acceptors (Lipinski definition) is 5. The van der Waals surface area contributed by atoms with E-state index in [1.807, 2.05) is 0 Å². The van der Waals surface area contributed by atoms with Gasteiger partial charge in [0.05, 0.1) is 0 Å². The molecule has 0 saturated carbocycles. The number of carbonyl (C=O) groups excluding carboxylic acids is 1. The van der Waals surface area contributed by atoms with Crippen LogP contribution in [0.25, 0.3) is 0 Å². The van der Waals surface area contributed by atoms with Gasteiger partial charge >= 0.3 is 0 Å². The molecule has 1 aromatic heterocycles. The molecule has 1 amide bonds. The molecule has 2 rings (SSSR count). The van der Waals surface area contributed by atoms with Gasteiger partial charge in [0.1, 0.15) is 0 Å². The zero-order valence-electron chi connectivity index (χ0n) is 11.7. The van der Waals surface area contributed by atoms with Gasteiger partial charge in [-0.15, -0.1) is 12.4 Å². The minimum absolute atomic E-state index is 0. The Morgan fingerprint density at radius 2 is 2.24 bits per heavy atom. The Morgan fingerprint density at radius 3 is 2.86 bits per heavy atom. The lowest BCUT2D eigenvalue weighted by molar-refractivity contribution is 0.0918. The first-order valence-electron chi connectivity index (χ1n) is 6.55. The summed E-state index contributed by atoms with van der Waals surface area (Å²) in [5, 5.41) is 5.74. The highest BCUT2D eigenvalue weighted by Crippen LogP contribution is 2.14. The van der Waals surface area contributed by atoms with Gasteiger partial charge in [-0.1, -0.05) is 0 Å². The zero-order valence-corrected chi connectivity index (χ0v) is 13.4. The Hall–Kier alpha value is -1.09. The van der Waals surface area contributed by atoms with E-state index in [9.17, 15) is 13.2 Å². The van der Waals surface area contributed by atoms with E-state index in [0.29, 0.717) is 12.5 Å². The topological polar surface area (TPSA) is 100 Å². The molecule has 1 aliphatic heterocycles. The van der Waals surface area contributed by atoms with Gasteiger partial charge in [-0.2, -0.15) is 0 Å². The van der Waals surface area contributed by atoms with Crippen LogP contribution in [0.4, 0.5) is 0 Å². The molecule has 0 spiro atoms. The summed E-state index contributed by atoms with van der Waals surface area (Å²) >= 11 is 0. The van der Waals surface area contributed by atoms with Crippen LogP contribution in [0.5, 0.6) is 0 Å². The third-order valence-electron chi connectivity index (χ3n) is 3.34. The molecule has 120 valence electrons. The van der Waals surface area contributed by atoms with E-state index in [4.69, 9.17) is 4.42 Å². The van der Waals surface area contributed by atoms with Crippen LogP contribution in [-0.2, 0) is 10.0 Å². The molecule has 1 unspecified atom stereocenters. The molecular weight excluding hydrogens is 318 g/mol. The van der Waals surface area contributed by atoms with E-state index in [2.05, 4.69) is 15.4 Å². The van der Waals surface area contributed by atoms with Gasteiger partial charge in [0, 0.05) is 6.54 Å². The largest absolute Gasteiger partial charge is 0.438 e. The van der Waals surface area contributed by atoms with Gasteiger partial charge in [0.25, 0.3) is 15.9 Å². The summed E-state index contributed by atoms with van der Waals surface area (Å²) in [4.78, 5) is 11.8. The summed E-state index contributed by atoms with van der Waals surface area (Å²) in [5.74, 6) is 0.198. The summed E-state index contributed by atoms with van der Waals surface area (Å²) in [7, 11) is -2.36. The molecular formula is C12H20ClN3O4S. The van der Waals surface area contributed by atoms with Gasteiger partial charge in [0.2, 0.25) is 5.09 Å². The molecule has 0 aromatic carbocycles. The second-order valence-electron chi connectivity index (χ2n) is 4.73. The number of nitrogens with one attached hydrogen (secondary N) is 3. The van der Waals surface area contributed by atoms with Crippen LogP contribution in [0.2, 0.25) is 0 Å². The van der Waals surface area contributed by atoms with Gasteiger partial charge < -0.3 is 15.1 Å². The predicted octanol–water partition coefficient (Wildman–Crippen LogP) is 0.339. The van der Waals surface area contributed by atoms with Crippen molar-refractivity contribution >= 4 is 28.3 Å². The van der Waals surface area contributed by atoms with E-state index >= 15 is 0 Å². The Labute approximate surface area is 130 Å². The zero-order chi connectivity index (χ0) is 14.6. The summed E-state index contributed by atoms with van der Waals surface area (Å²) in [6.07, 6.45) is 2.03. The molecule has 1 fully saturated rings. The van der Waals surface area contributed by atoms with Crippen LogP contribution in [0.3, 0.4) is 0 Å². The molecule has 0 bridgehead atoms. The van der Waals surface area contributed by atoms with Gasteiger partial charge in [-0.05, 0) is 51.0 Å². The molecule has 21 heavy (non-hydrogen) atoms. The van der Waals surface area contributed by atoms with Crippen molar-refractivity contribution in [3.05, 3.63) is 17.9 Å². The number of rotatable bonds is 6. The third kappa shape index (κ3) is 4.70. The lowest BCUT2D eigenvalue weighted by atomic mass is 10.1. The average Bonchev–Trinajstić information content (AvgIpc) is 3.10. The molecule has 2 heterocycles. The number of carbonyl (C=O) groups is 1. The number of halogens is 1. The number of furan rings is 1. The molecule has 1 saturated heterocycles. The third-order valence-corrected chi connectivity index (χ3v) is 4.63. The monoisotopic (exact) mass is 337 g/mol. The number of sulfonamides is 1. The maximum Gasteiger partial charge on any atom is 0.287 e. The standard InChI is InChI=1S/C12H19N3O4S.ClH/c1-13-20(17,18)11-3-2-10(19-11)12(16)15-7-5-9-4-6-14-8-9;/h2-3,9,13-14H,4-8H2,1H3,(H,15,16);1H.